The van der Waals surface area contributed by atoms with Gasteiger partial charge >= 0.3 is 11.9 Å². The van der Waals surface area contributed by atoms with E-state index in [1.165, 1.54) is 6.92 Å². The fourth-order valence-electron chi connectivity index (χ4n) is 8.96. The van der Waals surface area contributed by atoms with Crippen molar-refractivity contribution in [3.63, 3.8) is 0 Å². The van der Waals surface area contributed by atoms with Crippen molar-refractivity contribution >= 4 is 17.7 Å². The molecule has 5 rings (SSSR count). The number of cyclic esters (lactones) is 1. The van der Waals surface area contributed by atoms with Crippen LogP contribution in [0, 0.1) is 39.4 Å². The second kappa shape index (κ2) is 7.16. The van der Waals surface area contributed by atoms with Crippen LogP contribution in [0.1, 0.15) is 60.8 Å². The first-order valence-electron chi connectivity index (χ1n) is 12.5. The van der Waals surface area contributed by atoms with E-state index in [9.17, 15) is 19.5 Å². The van der Waals surface area contributed by atoms with Crippen LogP contribution in [-0.4, -0.2) is 41.6 Å². The van der Waals surface area contributed by atoms with Gasteiger partial charge in [-0.05, 0) is 48.2 Å². The summed E-state index contributed by atoms with van der Waals surface area (Å²) in [6.07, 6.45) is 8.48. The zero-order chi connectivity index (χ0) is 24.8. The summed E-state index contributed by atoms with van der Waals surface area (Å²) in [7, 11) is 0. The summed E-state index contributed by atoms with van der Waals surface area (Å²) in [5, 5.41) is 11.9. The Labute approximate surface area is 201 Å². The number of aliphatic hydroxyl groups excluding tert-OH is 1. The molecule has 0 saturated heterocycles. The zero-order valence-electron chi connectivity index (χ0n) is 21.0. The number of allylic oxidation sites excluding steroid dienone is 3. The average Bonchev–Trinajstić information content (AvgIpc) is 3.31. The van der Waals surface area contributed by atoms with Crippen LogP contribution in [-0.2, 0) is 23.9 Å². The minimum Gasteiger partial charge on any atom is -0.459 e. The molecule has 5 aliphatic rings. The summed E-state index contributed by atoms with van der Waals surface area (Å²) < 4.78 is 11.2. The predicted molar refractivity (Wildman–Crippen MR) is 125 cm³/mol. The van der Waals surface area contributed by atoms with Crippen LogP contribution in [0.3, 0.4) is 0 Å². The Hall–Kier alpha value is -2.21. The summed E-state index contributed by atoms with van der Waals surface area (Å²) in [4.78, 5) is 37.7. The highest BCUT2D eigenvalue weighted by atomic mass is 16.6. The van der Waals surface area contributed by atoms with Crippen LogP contribution >= 0.6 is 0 Å². The number of carbonyl (C=O) groups excluding carboxylic acids is 3. The fraction of sp³-hybridized carbons (Fsp3) is 0.679. The number of hydrogen-bond acceptors (Lipinski definition) is 6. The van der Waals surface area contributed by atoms with Gasteiger partial charge in [0, 0.05) is 35.2 Å². The lowest BCUT2D eigenvalue weighted by Gasteiger charge is -2.67. The molecule has 6 nitrogen and oxygen atoms in total. The standard InChI is InChI=1S/C28H36O6/c1-15(29)34-23-21(31)22-25(2,3)20(30)10-13-27(22,5)19-9-12-26(4)17(16-11-14-33-24(16)32)7-8-18(26)28(19,23)6/h8,10-11,13,17,19,21-23,31H,7,9,12,14H2,1-6H3. The zero-order valence-corrected chi connectivity index (χ0v) is 21.0. The Morgan fingerprint density at radius 1 is 1.15 bits per heavy atom. The first-order chi connectivity index (χ1) is 15.8. The minimum absolute atomic E-state index is 0.00770. The molecule has 0 bridgehead atoms. The van der Waals surface area contributed by atoms with Crippen LogP contribution in [0.25, 0.3) is 0 Å². The summed E-state index contributed by atoms with van der Waals surface area (Å²) in [5.41, 5.74) is -0.268. The van der Waals surface area contributed by atoms with Gasteiger partial charge in [0.15, 0.2) is 5.78 Å². The number of esters is 2. The molecule has 1 heterocycles. The van der Waals surface area contributed by atoms with Crippen molar-refractivity contribution in [2.24, 2.45) is 39.4 Å². The van der Waals surface area contributed by atoms with Crippen LogP contribution in [0.15, 0.2) is 35.5 Å². The van der Waals surface area contributed by atoms with Gasteiger partial charge in [0.1, 0.15) is 12.7 Å². The summed E-state index contributed by atoms with van der Waals surface area (Å²) in [6.45, 7) is 12.0. The fourth-order valence-corrected chi connectivity index (χ4v) is 8.96. The third kappa shape index (κ3) is 2.75. The molecule has 34 heavy (non-hydrogen) atoms. The number of ether oxygens (including phenoxy) is 2. The summed E-state index contributed by atoms with van der Waals surface area (Å²) >= 11 is 0. The van der Waals surface area contributed by atoms with Gasteiger partial charge in [-0.1, -0.05) is 52.3 Å². The molecule has 0 radical (unpaired) electrons. The van der Waals surface area contributed by atoms with Crippen molar-refractivity contribution in [1.29, 1.82) is 0 Å². The van der Waals surface area contributed by atoms with E-state index in [1.54, 1.807) is 6.08 Å². The molecule has 4 aliphatic carbocycles. The van der Waals surface area contributed by atoms with Crippen molar-refractivity contribution in [3.05, 3.63) is 35.5 Å². The normalized spacial score (nSPS) is 46.6. The second-order valence-corrected chi connectivity index (χ2v) is 12.2. The molecular formula is C28H36O6. The van der Waals surface area contributed by atoms with E-state index in [1.807, 2.05) is 26.0 Å². The van der Waals surface area contributed by atoms with Gasteiger partial charge in [0.2, 0.25) is 0 Å². The lowest BCUT2D eigenvalue weighted by Crippen LogP contribution is -2.70. The highest BCUT2D eigenvalue weighted by molar-refractivity contribution is 5.96. The van der Waals surface area contributed by atoms with E-state index in [-0.39, 0.29) is 34.9 Å². The van der Waals surface area contributed by atoms with E-state index in [0.717, 1.165) is 30.4 Å². The number of ketones is 1. The Bertz CT molecular complexity index is 1060. The smallest absolute Gasteiger partial charge is 0.334 e. The Kier molecular flexibility index (Phi) is 4.95. The molecule has 1 aliphatic heterocycles. The van der Waals surface area contributed by atoms with Crippen molar-refractivity contribution in [2.45, 2.75) is 73.0 Å². The van der Waals surface area contributed by atoms with Crippen LogP contribution < -0.4 is 0 Å². The molecule has 0 spiro atoms. The minimum atomic E-state index is -1.00. The summed E-state index contributed by atoms with van der Waals surface area (Å²) in [6, 6.07) is 0. The van der Waals surface area contributed by atoms with Gasteiger partial charge in [-0.25, -0.2) is 4.79 Å². The Morgan fingerprint density at radius 3 is 2.47 bits per heavy atom. The highest BCUT2D eigenvalue weighted by Gasteiger charge is 2.71. The molecule has 0 amide bonds. The molecule has 0 aromatic rings. The average molecular weight is 469 g/mol. The third-order valence-electron chi connectivity index (χ3n) is 10.3. The van der Waals surface area contributed by atoms with Crippen molar-refractivity contribution in [2.75, 3.05) is 6.61 Å². The van der Waals surface area contributed by atoms with Gasteiger partial charge in [-0.2, -0.15) is 0 Å². The van der Waals surface area contributed by atoms with Gasteiger partial charge in [0.25, 0.3) is 0 Å². The van der Waals surface area contributed by atoms with Crippen molar-refractivity contribution in [3.8, 4) is 0 Å². The van der Waals surface area contributed by atoms with E-state index in [0.29, 0.717) is 6.61 Å². The first-order valence-corrected chi connectivity index (χ1v) is 12.5. The van der Waals surface area contributed by atoms with Crippen LogP contribution in [0.5, 0.6) is 0 Å². The summed E-state index contributed by atoms with van der Waals surface area (Å²) in [5.74, 6) is -0.996. The lowest BCUT2D eigenvalue weighted by atomic mass is 9.37. The first kappa shape index (κ1) is 23.5. The molecule has 0 aromatic carbocycles. The monoisotopic (exact) mass is 468 g/mol. The molecule has 0 aromatic heterocycles. The van der Waals surface area contributed by atoms with E-state index in [2.05, 4.69) is 26.8 Å². The maximum atomic E-state index is 12.9. The maximum absolute atomic E-state index is 12.9. The molecule has 2 saturated carbocycles. The second-order valence-electron chi connectivity index (χ2n) is 12.2. The maximum Gasteiger partial charge on any atom is 0.334 e. The molecule has 6 heteroatoms. The number of rotatable bonds is 2. The topological polar surface area (TPSA) is 89.9 Å². The van der Waals surface area contributed by atoms with Gasteiger partial charge < -0.3 is 14.6 Å². The molecule has 1 N–H and O–H groups in total. The lowest BCUT2D eigenvalue weighted by molar-refractivity contribution is -0.228. The number of hydrogen-bond donors (Lipinski definition) is 1. The number of carbonyl (C=O) groups is 3. The number of fused-ring (bicyclic) bond motifs is 5. The molecule has 184 valence electrons. The van der Waals surface area contributed by atoms with Gasteiger partial charge in [-0.15, -0.1) is 0 Å². The quantitative estimate of drug-likeness (QED) is 0.488. The van der Waals surface area contributed by atoms with Crippen molar-refractivity contribution in [1.82, 2.24) is 0 Å². The van der Waals surface area contributed by atoms with Gasteiger partial charge in [-0.3, -0.25) is 9.59 Å². The molecule has 8 atom stereocenters. The molecule has 8 unspecified atom stereocenters. The highest BCUT2D eigenvalue weighted by Crippen LogP contribution is 2.72. The van der Waals surface area contributed by atoms with E-state index < -0.39 is 34.4 Å². The van der Waals surface area contributed by atoms with E-state index in [4.69, 9.17) is 9.47 Å². The van der Waals surface area contributed by atoms with Crippen molar-refractivity contribution < 1.29 is 29.0 Å². The third-order valence-corrected chi connectivity index (χ3v) is 10.3. The Morgan fingerprint density at radius 2 is 1.85 bits per heavy atom. The predicted octanol–water partition coefficient (Wildman–Crippen LogP) is 3.93. The van der Waals surface area contributed by atoms with Crippen LogP contribution in [0.4, 0.5) is 0 Å². The SMILES string of the molecule is CC(=O)OC1C(O)C2C(C)(C)C(=O)C=CC2(C)C2CCC3(C)C(=CCC3C3=CCOC3=O)C12C. The number of aliphatic hydroxyl groups is 1. The molecule has 2 fully saturated rings. The van der Waals surface area contributed by atoms with Crippen LogP contribution in [0.2, 0.25) is 0 Å². The molecular weight excluding hydrogens is 432 g/mol. The van der Waals surface area contributed by atoms with E-state index >= 15 is 0 Å². The van der Waals surface area contributed by atoms with Gasteiger partial charge in [0.05, 0.1) is 6.10 Å². The largest absolute Gasteiger partial charge is 0.459 e. The Balaban J connectivity index is 1.67.